The summed E-state index contributed by atoms with van der Waals surface area (Å²) in [5, 5.41) is 12.3. The van der Waals surface area contributed by atoms with Crippen molar-refractivity contribution in [1.29, 1.82) is 0 Å². The summed E-state index contributed by atoms with van der Waals surface area (Å²) in [6.07, 6.45) is 2.50. The van der Waals surface area contributed by atoms with Gasteiger partial charge in [0.05, 0.1) is 0 Å². The number of rotatable bonds is 7. The fourth-order valence-corrected chi connectivity index (χ4v) is 1.85. The summed E-state index contributed by atoms with van der Waals surface area (Å²) >= 11 is 0. The first-order valence-corrected chi connectivity index (χ1v) is 6.26. The average Bonchev–Trinajstić information content (AvgIpc) is 2.76. The smallest absolute Gasteiger partial charge is 0.356 e. The Labute approximate surface area is 111 Å². The second-order valence-corrected chi connectivity index (χ2v) is 4.02. The van der Waals surface area contributed by atoms with Crippen LogP contribution in [0, 0.1) is 0 Å². The van der Waals surface area contributed by atoms with E-state index in [0.29, 0.717) is 31.2 Å². The third-order valence-electron chi connectivity index (χ3n) is 2.69. The molecule has 19 heavy (non-hydrogen) atoms. The van der Waals surface area contributed by atoms with E-state index in [9.17, 15) is 9.90 Å². The molecule has 102 valence electrons. The number of carbonyl (C=O) groups is 1. The number of pyridine rings is 1. The number of aromatic carboxylic acids is 1. The summed E-state index contributed by atoms with van der Waals surface area (Å²) in [4.78, 5) is 15.6. The fourth-order valence-electron chi connectivity index (χ4n) is 1.85. The van der Waals surface area contributed by atoms with Gasteiger partial charge in [0, 0.05) is 26.0 Å². The van der Waals surface area contributed by atoms with E-state index in [0.717, 1.165) is 6.42 Å². The zero-order chi connectivity index (χ0) is 13.7. The van der Waals surface area contributed by atoms with Crippen molar-refractivity contribution in [2.45, 2.75) is 13.3 Å². The predicted octanol–water partition coefficient (Wildman–Crippen LogP) is 1.87. The van der Waals surface area contributed by atoms with Crippen LogP contribution in [0.25, 0.3) is 5.65 Å². The molecule has 2 aromatic heterocycles. The lowest BCUT2D eigenvalue weighted by atomic mass is 10.4. The molecule has 0 saturated heterocycles. The Hall–Kier alpha value is -2.08. The quantitative estimate of drug-likeness (QED) is 0.746. The molecule has 0 aromatic carbocycles. The highest BCUT2D eigenvalue weighted by molar-refractivity contribution is 5.92. The Morgan fingerprint density at radius 1 is 1.53 bits per heavy atom. The van der Waals surface area contributed by atoms with Crippen LogP contribution in [0.4, 0.5) is 5.82 Å². The highest BCUT2D eigenvalue weighted by Crippen LogP contribution is 2.17. The zero-order valence-corrected chi connectivity index (χ0v) is 10.8. The maximum absolute atomic E-state index is 11.3. The van der Waals surface area contributed by atoms with Gasteiger partial charge in [-0.25, -0.2) is 9.78 Å². The van der Waals surface area contributed by atoms with Crippen molar-refractivity contribution in [2.24, 2.45) is 0 Å². The third kappa shape index (κ3) is 3.03. The van der Waals surface area contributed by atoms with Gasteiger partial charge in [0.15, 0.2) is 11.5 Å². The van der Waals surface area contributed by atoms with E-state index in [1.54, 1.807) is 22.7 Å². The van der Waals surface area contributed by atoms with Crippen molar-refractivity contribution in [3.05, 3.63) is 30.1 Å². The number of carboxylic acid groups (broad SMARTS) is 1. The van der Waals surface area contributed by atoms with E-state index in [1.807, 2.05) is 13.0 Å². The van der Waals surface area contributed by atoms with Crippen LogP contribution in [0.5, 0.6) is 0 Å². The molecule has 0 unspecified atom stereocenters. The van der Waals surface area contributed by atoms with Crippen LogP contribution in [0.3, 0.4) is 0 Å². The van der Waals surface area contributed by atoms with Gasteiger partial charge in [0.25, 0.3) is 0 Å². The normalized spacial score (nSPS) is 10.8. The first kappa shape index (κ1) is 13.4. The van der Waals surface area contributed by atoms with Gasteiger partial charge in [-0.15, -0.1) is 0 Å². The number of ether oxygens (including phenoxy) is 1. The Kier molecular flexibility index (Phi) is 4.35. The van der Waals surface area contributed by atoms with E-state index in [1.165, 1.54) is 0 Å². The van der Waals surface area contributed by atoms with Crippen molar-refractivity contribution in [1.82, 2.24) is 9.38 Å². The Morgan fingerprint density at radius 3 is 3.11 bits per heavy atom. The summed E-state index contributed by atoms with van der Waals surface area (Å²) < 4.78 is 6.79. The number of fused-ring (bicyclic) bond motifs is 1. The molecule has 0 radical (unpaired) electrons. The van der Waals surface area contributed by atoms with Crippen molar-refractivity contribution in [3.63, 3.8) is 0 Å². The number of nitrogens with zero attached hydrogens (tertiary/aromatic N) is 2. The number of anilines is 1. The van der Waals surface area contributed by atoms with Gasteiger partial charge in [-0.05, 0) is 25.5 Å². The van der Waals surface area contributed by atoms with E-state index in [-0.39, 0.29) is 5.69 Å². The van der Waals surface area contributed by atoms with Crippen molar-refractivity contribution in [2.75, 3.05) is 25.1 Å². The highest BCUT2D eigenvalue weighted by Gasteiger charge is 2.17. The van der Waals surface area contributed by atoms with Crippen molar-refractivity contribution in [3.8, 4) is 0 Å². The zero-order valence-electron chi connectivity index (χ0n) is 10.8. The van der Waals surface area contributed by atoms with E-state index >= 15 is 0 Å². The number of nitrogens with one attached hydrogen (secondary N) is 1. The molecule has 0 spiro atoms. The summed E-state index contributed by atoms with van der Waals surface area (Å²) in [6.45, 7) is 3.91. The van der Waals surface area contributed by atoms with Crippen molar-refractivity contribution < 1.29 is 14.6 Å². The molecule has 2 N–H and O–H groups in total. The molecule has 2 aromatic rings. The van der Waals surface area contributed by atoms with Crippen LogP contribution in [-0.4, -0.2) is 40.2 Å². The van der Waals surface area contributed by atoms with Crippen LogP contribution >= 0.6 is 0 Å². The minimum Gasteiger partial charge on any atom is -0.476 e. The molecule has 6 nitrogen and oxygen atoms in total. The first-order chi connectivity index (χ1) is 9.24. The van der Waals surface area contributed by atoms with Crippen molar-refractivity contribution >= 4 is 17.4 Å². The molecule has 0 aliphatic carbocycles. The number of aromatic nitrogens is 2. The third-order valence-corrected chi connectivity index (χ3v) is 2.69. The monoisotopic (exact) mass is 263 g/mol. The van der Waals surface area contributed by atoms with Gasteiger partial charge >= 0.3 is 5.97 Å². The summed E-state index contributed by atoms with van der Waals surface area (Å²) in [5.41, 5.74) is 0.777. The minimum absolute atomic E-state index is 0.159. The summed E-state index contributed by atoms with van der Waals surface area (Å²) in [6, 6.07) is 5.38. The van der Waals surface area contributed by atoms with Gasteiger partial charge in [-0.2, -0.15) is 0 Å². The van der Waals surface area contributed by atoms with Crippen LogP contribution in [0.15, 0.2) is 24.4 Å². The molecule has 0 aliphatic heterocycles. The van der Waals surface area contributed by atoms with Gasteiger partial charge in [0.1, 0.15) is 5.65 Å². The molecule has 2 rings (SSSR count). The Bertz CT molecular complexity index is 565. The highest BCUT2D eigenvalue weighted by atomic mass is 16.5. The van der Waals surface area contributed by atoms with Gasteiger partial charge in [0.2, 0.25) is 0 Å². The molecule has 0 aliphatic rings. The molecule has 0 atom stereocenters. The predicted molar refractivity (Wildman–Crippen MR) is 71.8 cm³/mol. The van der Waals surface area contributed by atoms with Crippen LogP contribution in [-0.2, 0) is 4.74 Å². The summed E-state index contributed by atoms with van der Waals surface area (Å²) in [5.74, 6) is -0.596. The van der Waals surface area contributed by atoms with E-state index in [4.69, 9.17) is 4.74 Å². The molecule has 0 bridgehead atoms. The molecule has 0 amide bonds. The van der Waals surface area contributed by atoms with E-state index in [2.05, 4.69) is 10.3 Å². The summed E-state index contributed by atoms with van der Waals surface area (Å²) in [7, 11) is 0. The molecular formula is C13H17N3O3. The minimum atomic E-state index is -0.994. The lowest BCUT2D eigenvalue weighted by molar-refractivity contribution is 0.0690. The lowest BCUT2D eigenvalue weighted by Crippen LogP contribution is -2.10. The van der Waals surface area contributed by atoms with Gasteiger partial charge in [-0.1, -0.05) is 6.07 Å². The Balaban J connectivity index is 2.13. The number of hydrogen-bond acceptors (Lipinski definition) is 4. The SMILES string of the molecule is CCOCCCNc1nc2ccccn2c1C(=O)O. The lowest BCUT2D eigenvalue weighted by Gasteiger charge is -2.04. The van der Waals surface area contributed by atoms with Crippen LogP contribution < -0.4 is 5.32 Å². The van der Waals surface area contributed by atoms with Gasteiger partial charge in [-0.3, -0.25) is 4.40 Å². The first-order valence-electron chi connectivity index (χ1n) is 6.26. The fraction of sp³-hybridized carbons (Fsp3) is 0.385. The number of hydrogen-bond donors (Lipinski definition) is 2. The second kappa shape index (κ2) is 6.19. The molecule has 6 heteroatoms. The molecule has 2 heterocycles. The molecular weight excluding hydrogens is 246 g/mol. The van der Waals surface area contributed by atoms with Gasteiger partial charge < -0.3 is 15.2 Å². The number of imidazole rings is 1. The molecule has 0 saturated carbocycles. The average molecular weight is 263 g/mol. The van der Waals surface area contributed by atoms with Crippen LogP contribution in [0.2, 0.25) is 0 Å². The van der Waals surface area contributed by atoms with E-state index < -0.39 is 5.97 Å². The molecule has 0 fully saturated rings. The largest absolute Gasteiger partial charge is 0.476 e. The maximum atomic E-state index is 11.3. The number of carboxylic acids is 1. The second-order valence-electron chi connectivity index (χ2n) is 4.02. The standard InChI is InChI=1S/C13H17N3O3/c1-2-19-9-5-7-14-12-11(13(17)18)16-8-4-3-6-10(16)15-12/h3-4,6,8,14H,2,5,7,9H2,1H3,(H,17,18). The van der Waals surface area contributed by atoms with Crippen LogP contribution in [0.1, 0.15) is 23.8 Å². The Morgan fingerprint density at radius 2 is 2.37 bits per heavy atom. The maximum Gasteiger partial charge on any atom is 0.356 e. The topological polar surface area (TPSA) is 75.9 Å².